The molecule has 20 heavy (non-hydrogen) atoms. The van der Waals surface area contributed by atoms with Crippen molar-refractivity contribution in [1.82, 2.24) is 5.01 Å². The molecule has 0 bridgehead atoms. The van der Waals surface area contributed by atoms with Crippen molar-refractivity contribution in [2.24, 2.45) is 5.10 Å². The van der Waals surface area contributed by atoms with E-state index in [4.69, 9.17) is 12.2 Å². The Bertz CT molecular complexity index is 657. The lowest BCUT2D eigenvalue weighted by Gasteiger charge is -2.09. The third-order valence-corrected chi connectivity index (χ3v) is 4.77. The van der Waals surface area contributed by atoms with Gasteiger partial charge in [0, 0.05) is 5.56 Å². The monoisotopic (exact) mass is 305 g/mol. The number of hydrogen-bond donors (Lipinski definition) is 1. The Morgan fingerprint density at radius 3 is 2.85 bits per heavy atom. The van der Waals surface area contributed by atoms with Gasteiger partial charge in [0.05, 0.1) is 10.9 Å². The molecule has 1 N–H and O–H groups in total. The van der Waals surface area contributed by atoms with Gasteiger partial charge in [-0.3, -0.25) is 9.59 Å². The lowest BCUT2D eigenvalue weighted by molar-refractivity contribution is -0.126. The molecule has 1 unspecified atom stereocenters. The summed E-state index contributed by atoms with van der Waals surface area (Å²) in [4.78, 5) is 24.1. The van der Waals surface area contributed by atoms with E-state index in [9.17, 15) is 9.59 Å². The van der Waals surface area contributed by atoms with Gasteiger partial charge in [-0.1, -0.05) is 49.1 Å². The summed E-state index contributed by atoms with van der Waals surface area (Å²) < 4.78 is 0.395. The fourth-order valence-corrected chi connectivity index (χ4v) is 3.42. The minimum Gasteiger partial charge on any atom is -0.320 e. The van der Waals surface area contributed by atoms with Crippen LogP contribution in [0.1, 0.15) is 18.9 Å². The highest BCUT2D eigenvalue weighted by Gasteiger charge is 2.37. The van der Waals surface area contributed by atoms with Crippen LogP contribution in [-0.2, 0) is 9.59 Å². The highest BCUT2D eigenvalue weighted by Crippen LogP contribution is 2.31. The van der Waals surface area contributed by atoms with Gasteiger partial charge in [-0.05, 0) is 12.5 Å². The number of thioether (sulfide) groups is 1. The van der Waals surface area contributed by atoms with Crippen molar-refractivity contribution in [1.29, 1.82) is 0 Å². The van der Waals surface area contributed by atoms with Crippen molar-refractivity contribution >= 4 is 51.5 Å². The van der Waals surface area contributed by atoms with E-state index in [1.165, 1.54) is 16.8 Å². The van der Waals surface area contributed by atoms with Crippen molar-refractivity contribution in [3.05, 3.63) is 29.8 Å². The first-order valence-electron chi connectivity index (χ1n) is 6.15. The third-order valence-electron chi connectivity index (χ3n) is 3.12. The molecule has 5 nitrogen and oxygen atoms in total. The molecule has 1 aromatic rings. The number of carbonyl (C=O) groups is 2. The number of benzene rings is 1. The van der Waals surface area contributed by atoms with Gasteiger partial charge in [0.1, 0.15) is 0 Å². The summed E-state index contributed by atoms with van der Waals surface area (Å²) in [6, 6.07) is 7.24. The molecule has 7 heteroatoms. The molecule has 1 saturated heterocycles. The van der Waals surface area contributed by atoms with E-state index in [1.54, 1.807) is 12.1 Å². The quantitative estimate of drug-likeness (QED) is 0.849. The molecular weight excluding hydrogens is 294 g/mol. The van der Waals surface area contributed by atoms with Crippen LogP contribution in [0.15, 0.2) is 29.4 Å². The van der Waals surface area contributed by atoms with Crippen LogP contribution in [0, 0.1) is 0 Å². The topological polar surface area (TPSA) is 61.8 Å². The molecule has 1 fully saturated rings. The number of hydrogen-bond acceptors (Lipinski definition) is 5. The number of fused-ring (bicyclic) bond motifs is 1. The number of thiocarbonyl (C=S) groups is 1. The average Bonchev–Trinajstić information content (AvgIpc) is 2.90. The lowest BCUT2D eigenvalue weighted by Crippen LogP contribution is -2.29. The van der Waals surface area contributed by atoms with Crippen LogP contribution in [0.2, 0.25) is 0 Å². The largest absolute Gasteiger partial charge is 0.320 e. The zero-order valence-corrected chi connectivity index (χ0v) is 12.3. The lowest BCUT2D eigenvalue weighted by atomic mass is 10.1. The van der Waals surface area contributed by atoms with Gasteiger partial charge in [-0.2, -0.15) is 10.1 Å². The minimum atomic E-state index is -0.313. The standard InChI is InChI=1S/C13H11N3O2S2/c1-2-9-12(18)16(13(19)20-9)15-10-7-5-3-4-6-8(7)14-11(10)17/h3-6,9H,2H2,1H3,(H,14,15,17). The maximum atomic E-state index is 12.1. The first kappa shape index (κ1) is 13.3. The predicted molar refractivity (Wildman–Crippen MR) is 82.7 cm³/mol. The molecule has 1 aromatic carbocycles. The first-order valence-corrected chi connectivity index (χ1v) is 7.44. The Balaban J connectivity index is 1.99. The Kier molecular flexibility index (Phi) is 3.31. The van der Waals surface area contributed by atoms with Gasteiger partial charge in [0.15, 0.2) is 10.0 Å². The maximum absolute atomic E-state index is 12.1. The number of hydrazone groups is 1. The Morgan fingerprint density at radius 2 is 2.15 bits per heavy atom. The molecule has 1 atom stereocenters. The molecule has 2 aliphatic heterocycles. The fourth-order valence-electron chi connectivity index (χ4n) is 2.10. The van der Waals surface area contributed by atoms with E-state index >= 15 is 0 Å². The molecule has 102 valence electrons. The number of para-hydroxylation sites is 1. The Hall–Kier alpha value is -1.73. The second-order valence-corrected chi connectivity index (χ2v) is 6.22. The summed E-state index contributed by atoms with van der Waals surface area (Å²) >= 11 is 6.48. The van der Waals surface area contributed by atoms with Gasteiger partial charge >= 0.3 is 0 Å². The van der Waals surface area contributed by atoms with E-state index < -0.39 is 0 Å². The van der Waals surface area contributed by atoms with Gasteiger partial charge in [-0.15, -0.1) is 0 Å². The summed E-state index contributed by atoms with van der Waals surface area (Å²) in [5, 5.41) is 7.87. The molecule has 2 heterocycles. The first-order chi connectivity index (χ1) is 9.61. The van der Waals surface area contributed by atoms with Crippen LogP contribution < -0.4 is 5.32 Å². The van der Waals surface area contributed by atoms with Crippen molar-refractivity contribution in [2.45, 2.75) is 18.6 Å². The molecule has 3 rings (SSSR count). The Morgan fingerprint density at radius 1 is 1.40 bits per heavy atom. The van der Waals surface area contributed by atoms with Crippen LogP contribution in [0.4, 0.5) is 5.69 Å². The van der Waals surface area contributed by atoms with Gasteiger partial charge < -0.3 is 5.32 Å². The molecule has 0 aromatic heterocycles. The van der Waals surface area contributed by atoms with E-state index in [0.29, 0.717) is 22.0 Å². The van der Waals surface area contributed by atoms with Crippen LogP contribution >= 0.6 is 24.0 Å². The summed E-state index contributed by atoms with van der Waals surface area (Å²) in [5.74, 6) is -0.473. The van der Waals surface area contributed by atoms with Crippen molar-refractivity contribution < 1.29 is 9.59 Å². The zero-order valence-electron chi connectivity index (χ0n) is 10.6. The van der Waals surface area contributed by atoms with E-state index in [1.807, 2.05) is 19.1 Å². The zero-order chi connectivity index (χ0) is 14.3. The second-order valence-electron chi connectivity index (χ2n) is 4.38. The molecule has 2 amide bonds. The molecule has 0 spiro atoms. The summed E-state index contributed by atoms with van der Waals surface area (Å²) in [5.41, 5.74) is 1.63. The normalized spacial score (nSPS) is 23.4. The minimum absolute atomic E-state index is 0.160. The molecule has 0 radical (unpaired) electrons. The predicted octanol–water partition coefficient (Wildman–Crippen LogP) is 1.98. The van der Waals surface area contributed by atoms with Gasteiger partial charge in [-0.25, -0.2) is 0 Å². The summed E-state index contributed by atoms with van der Waals surface area (Å²) in [7, 11) is 0. The average molecular weight is 305 g/mol. The number of nitrogens with one attached hydrogen (secondary N) is 1. The van der Waals surface area contributed by atoms with Crippen LogP contribution in [-0.4, -0.2) is 32.1 Å². The molecular formula is C13H11N3O2S2. The number of nitrogens with zero attached hydrogens (tertiary/aromatic N) is 2. The van der Waals surface area contributed by atoms with Crippen LogP contribution in [0.5, 0.6) is 0 Å². The number of anilines is 1. The smallest absolute Gasteiger partial charge is 0.276 e. The van der Waals surface area contributed by atoms with E-state index in [2.05, 4.69) is 10.4 Å². The number of carbonyl (C=O) groups excluding carboxylic acids is 2. The van der Waals surface area contributed by atoms with E-state index in [-0.39, 0.29) is 22.8 Å². The number of rotatable bonds is 2. The van der Waals surface area contributed by atoms with Gasteiger partial charge in [0.25, 0.3) is 11.8 Å². The van der Waals surface area contributed by atoms with Crippen LogP contribution in [0.25, 0.3) is 0 Å². The Labute approximate surface area is 125 Å². The summed E-state index contributed by atoms with van der Waals surface area (Å²) in [6.07, 6.45) is 0.688. The second kappa shape index (κ2) is 4.99. The maximum Gasteiger partial charge on any atom is 0.276 e. The van der Waals surface area contributed by atoms with Crippen molar-refractivity contribution in [3.63, 3.8) is 0 Å². The molecule has 2 aliphatic rings. The highest BCUT2D eigenvalue weighted by atomic mass is 32.2. The van der Waals surface area contributed by atoms with Gasteiger partial charge in [0.2, 0.25) is 0 Å². The molecule has 0 aliphatic carbocycles. The number of amides is 2. The molecule has 0 saturated carbocycles. The SMILES string of the molecule is CCC1SC(=S)N(N=C2C(=O)Nc3ccccc32)C1=O. The van der Waals surface area contributed by atoms with Crippen molar-refractivity contribution in [2.75, 3.05) is 5.32 Å². The third kappa shape index (κ3) is 2.03. The van der Waals surface area contributed by atoms with Crippen molar-refractivity contribution in [3.8, 4) is 0 Å². The van der Waals surface area contributed by atoms with E-state index in [0.717, 1.165) is 0 Å². The summed E-state index contributed by atoms with van der Waals surface area (Å²) in [6.45, 7) is 1.92. The highest BCUT2D eigenvalue weighted by molar-refractivity contribution is 8.24. The van der Waals surface area contributed by atoms with Crippen LogP contribution in [0.3, 0.4) is 0 Å². The fraction of sp³-hybridized carbons (Fsp3) is 0.231.